The Morgan fingerprint density at radius 1 is 1.38 bits per heavy atom. The number of carbonyl (C=O) groups excluding carboxylic acids is 1. The van der Waals surface area contributed by atoms with Crippen LogP contribution in [-0.4, -0.2) is 37.4 Å². The van der Waals surface area contributed by atoms with Crippen molar-refractivity contribution in [1.82, 2.24) is 30.1 Å². The van der Waals surface area contributed by atoms with E-state index in [1.807, 2.05) is 24.6 Å². The van der Waals surface area contributed by atoms with Crippen LogP contribution in [0.15, 0.2) is 10.6 Å². The van der Waals surface area contributed by atoms with Gasteiger partial charge >= 0.3 is 6.03 Å². The van der Waals surface area contributed by atoms with E-state index in [0.717, 1.165) is 17.8 Å². The van der Waals surface area contributed by atoms with Gasteiger partial charge in [0.25, 0.3) is 0 Å². The lowest BCUT2D eigenvalue weighted by molar-refractivity contribution is 0.175. The molecule has 0 aliphatic carbocycles. The van der Waals surface area contributed by atoms with Crippen molar-refractivity contribution in [1.29, 1.82) is 0 Å². The predicted molar refractivity (Wildman–Crippen MR) is 87.2 cm³/mol. The molecule has 8 heteroatoms. The molecule has 1 aliphatic rings. The SMILES string of the molecule is Cc1cc2n(n1)CCN(C(=O)N[C@H](C)c1nc(CC(C)C)no1)C2. The Bertz CT molecular complexity index is 720. The average molecular weight is 332 g/mol. The summed E-state index contributed by atoms with van der Waals surface area (Å²) in [5.74, 6) is 1.58. The minimum absolute atomic E-state index is 0.129. The normalized spacial score (nSPS) is 15.5. The van der Waals surface area contributed by atoms with Crippen LogP contribution in [0.3, 0.4) is 0 Å². The molecule has 0 unspecified atom stereocenters. The summed E-state index contributed by atoms with van der Waals surface area (Å²) in [7, 11) is 0. The van der Waals surface area contributed by atoms with E-state index >= 15 is 0 Å². The Hall–Kier alpha value is -2.38. The zero-order chi connectivity index (χ0) is 17.3. The topological polar surface area (TPSA) is 89.1 Å². The number of aryl methyl sites for hydroxylation is 1. The third kappa shape index (κ3) is 3.58. The van der Waals surface area contributed by atoms with Crippen molar-refractivity contribution >= 4 is 6.03 Å². The predicted octanol–water partition coefficient (Wildman–Crippen LogP) is 2.06. The first-order valence-corrected chi connectivity index (χ1v) is 8.33. The summed E-state index contributed by atoms with van der Waals surface area (Å²) in [6, 6.07) is 1.56. The minimum atomic E-state index is -0.320. The lowest BCUT2D eigenvalue weighted by Gasteiger charge is -2.28. The molecule has 2 amide bonds. The molecular weight excluding hydrogens is 308 g/mol. The van der Waals surface area contributed by atoms with E-state index in [1.165, 1.54) is 0 Å². The number of carbonyl (C=O) groups is 1. The first-order chi connectivity index (χ1) is 11.4. The Morgan fingerprint density at radius 2 is 2.17 bits per heavy atom. The van der Waals surface area contributed by atoms with Crippen LogP contribution in [0.25, 0.3) is 0 Å². The van der Waals surface area contributed by atoms with Gasteiger partial charge in [-0.15, -0.1) is 0 Å². The van der Waals surface area contributed by atoms with Crippen molar-refractivity contribution in [3.05, 3.63) is 29.2 Å². The number of nitrogens with zero attached hydrogens (tertiary/aromatic N) is 5. The third-order valence-electron chi connectivity index (χ3n) is 3.99. The van der Waals surface area contributed by atoms with E-state index in [4.69, 9.17) is 4.52 Å². The number of nitrogens with one attached hydrogen (secondary N) is 1. The van der Waals surface area contributed by atoms with Crippen LogP contribution in [0.5, 0.6) is 0 Å². The van der Waals surface area contributed by atoms with E-state index in [-0.39, 0.29) is 12.1 Å². The molecule has 2 aromatic heterocycles. The Kier molecular flexibility index (Phi) is 4.55. The Morgan fingerprint density at radius 3 is 2.92 bits per heavy atom. The van der Waals surface area contributed by atoms with Crippen LogP contribution in [0.4, 0.5) is 4.79 Å². The van der Waals surface area contributed by atoms with Crippen LogP contribution in [0.1, 0.15) is 49.9 Å². The van der Waals surface area contributed by atoms with E-state index in [9.17, 15) is 4.79 Å². The van der Waals surface area contributed by atoms with Crippen molar-refractivity contribution in [2.45, 2.75) is 53.2 Å². The molecule has 1 aliphatic heterocycles. The van der Waals surface area contributed by atoms with E-state index < -0.39 is 0 Å². The molecular formula is C16H24N6O2. The number of rotatable bonds is 4. The molecule has 24 heavy (non-hydrogen) atoms. The fourth-order valence-electron chi connectivity index (χ4n) is 2.81. The van der Waals surface area contributed by atoms with Gasteiger partial charge in [0.2, 0.25) is 5.89 Å². The van der Waals surface area contributed by atoms with Crippen LogP contribution >= 0.6 is 0 Å². The quantitative estimate of drug-likeness (QED) is 0.925. The van der Waals surface area contributed by atoms with Crippen LogP contribution in [0, 0.1) is 12.8 Å². The van der Waals surface area contributed by atoms with E-state index in [1.54, 1.807) is 4.90 Å². The summed E-state index contributed by atoms with van der Waals surface area (Å²) in [5.41, 5.74) is 2.03. The molecule has 2 aromatic rings. The van der Waals surface area contributed by atoms with Gasteiger partial charge in [-0.25, -0.2) is 4.79 Å². The van der Waals surface area contributed by atoms with Crippen LogP contribution < -0.4 is 5.32 Å². The van der Waals surface area contributed by atoms with Crippen LogP contribution in [0.2, 0.25) is 0 Å². The number of urea groups is 1. The first-order valence-electron chi connectivity index (χ1n) is 8.33. The molecule has 0 saturated carbocycles. The van der Waals surface area contributed by atoms with Crippen molar-refractivity contribution < 1.29 is 9.32 Å². The monoisotopic (exact) mass is 332 g/mol. The zero-order valence-corrected chi connectivity index (χ0v) is 14.6. The third-order valence-corrected chi connectivity index (χ3v) is 3.99. The maximum absolute atomic E-state index is 12.5. The molecule has 0 bridgehead atoms. The molecule has 0 saturated heterocycles. The summed E-state index contributed by atoms with van der Waals surface area (Å²) in [4.78, 5) is 18.6. The second kappa shape index (κ2) is 6.62. The molecule has 0 radical (unpaired) electrons. The van der Waals surface area contributed by atoms with Gasteiger partial charge in [0, 0.05) is 13.0 Å². The molecule has 3 rings (SSSR count). The first kappa shape index (κ1) is 16.5. The number of hydrogen-bond acceptors (Lipinski definition) is 5. The number of aromatic nitrogens is 4. The average Bonchev–Trinajstić information content (AvgIpc) is 3.10. The molecule has 0 fully saturated rings. The van der Waals surface area contributed by atoms with Gasteiger partial charge in [0.15, 0.2) is 5.82 Å². The largest absolute Gasteiger partial charge is 0.337 e. The minimum Gasteiger partial charge on any atom is -0.337 e. The van der Waals surface area contributed by atoms with Gasteiger partial charge in [-0.2, -0.15) is 10.1 Å². The highest BCUT2D eigenvalue weighted by Gasteiger charge is 2.24. The van der Waals surface area contributed by atoms with Gasteiger partial charge < -0.3 is 14.7 Å². The van der Waals surface area contributed by atoms with Crippen molar-refractivity contribution in [3.63, 3.8) is 0 Å². The summed E-state index contributed by atoms with van der Waals surface area (Å²) in [6.45, 7) is 9.92. The fraction of sp³-hybridized carbons (Fsp3) is 0.625. The standard InChI is InChI=1S/C16H24N6O2/c1-10(2)7-14-18-15(24-20-14)12(4)17-16(23)21-5-6-22-13(9-21)8-11(3)19-22/h8,10,12H,5-7,9H2,1-4H3,(H,17,23)/t12-/m1/s1. The van der Waals surface area contributed by atoms with Crippen LogP contribution in [-0.2, 0) is 19.5 Å². The highest BCUT2D eigenvalue weighted by atomic mass is 16.5. The lowest BCUT2D eigenvalue weighted by atomic mass is 10.1. The highest BCUT2D eigenvalue weighted by Crippen LogP contribution is 2.16. The maximum Gasteiger partial charge on any atom is 0.318 e. The number of hydrogen-bond donors (Lipinski definition) is 1. The van der Waals surface area contributed by atoms with Gasteiger partial charge in [-0.3, -0.25) is 4.68 Å². The number of fused-ring (bicyclic) bond motifs is 1. The van der Waals surface area contributed by atoms with Crippen molar-refractivity contribution in [3.8, 4) is 0 Å². The molecule has 8 nitrogen and oxygen atoms in total. The Balaban J connectivity index is 1.59. The summed E-state index contributed by atoms with van der Waals surface area (Å²) in [6.07, 6.45) is 0.764. The Labute approximate surface area is 141 Å². The number of amides is 2. The lowest BCUT2D eigenvalue weighted by Crippen LogP contribution is -2.45. The van der Waals surface area contributed by atoms with Crippen molar-refractivity contribution in [2.24, 2.45) is 5.92 Å². The fourth-order valence-corrected chi connectivity index (χ4v) is 2.81. The second-order valence-electron chi connectivity index (χ2n) is 6.74. The summed E-state index contributed by atoms with van der Waals surface area (Å²) >= 11 is 0. The zero-order valence-electron chi connectivity index (χ0n) is 14.6. The van der Waals surface area contributed by atoms with E-state index in [2.05, 4.69) is 34.4 Å². The smallest absolute Gasteiger partial charge is 0.318 e. The maximum atomic E-state index is 12.5. The molecule has 130 valence electrons. The second-order valence-corrected chi connectivity index (χ2v) is 6.74. The molecule has 3 heterocycles. The van der Waals surface area contributed by atoms with Gasteiger partial charge in [-0.05, 0) is 25.8 Å². The molecule has 0 aromatic carbocycles. The van der Waals surface area contributed by atoms with Gasteiger partial charge in [0.1, 0.15) is 6.04 Å². The summed E-state index contributed by atoms with van der Waals surface area (Å²) in [5, 5.41) is 11.3. The van der Waals surface area contributed by atoms with Gasteiger partial charge in [-0.1, -0.05) is 19.0 Å². The van der Waals surface area contributed by atoms with Gasteiger partial charge in [0.05, 0.1) is 24.5 Å². The highest BCUT2D eigenvalue weighted by molar-refractivity contribution is 5.74. The summed E-state index contributed by atoms with van der Waals surface area (Å²) < 4.78 is 7.22. The molecule has 0 spiro atoms. The molecule has 1 atom stereocenters. The van der Waals surface area contributed by atoms with E-state index in [0.29, 0.717) is 37.3 Å². The molecule has 1 N–H and O–H groups in total. The van der Waals surface area contributed by atoms with Crippen molar-refractivity contribution in [2.75, 3.05) is 6.54 Å².